The van der Waals surface area contributed by atoms with Gasteiger partial charge in [-0.3, -0.25) is 4.79 Å². The molecular formula is C15H23NO3. The third kappa shape index (κ3) is 5.75. The van der Waals surface area contributed by atoms with Gasteiger partial charge in [0.15, 0.2) is 0 Å². The molecule has 2 atom stereocenters. The summed E-state index contributed by atoms with van der Waals surface area (Å²) < 4.78 is 0. The lowest BCUT2D eigenvalue weighted by Crippen LogP contribution is -2.43. The molecule has 0 aromatic heterocycles. The van der Waals surface area contributed by atoms with Crippen LogP contribution in [0.4, 0.5) is 0 Å². The van der Waals surface area contributed by atoms with Crippen molar-refractivity contribution in [2.75, 3.05) is 0 Å². The normalized spacial score (nSPS) is 14.3. The Labute approximate surface area is 114 Å². The minimum atomic E-state index is -0.800. The molecule has 1 aromatic carbocycles. The van der Waals surface area contributed by atoms with Gasteiger partial charge in [-0.05, 0) is 43.4 Å². The standard InChI is InChI=1S/C15H23NO3/c1-10(2)8-14(15(18)19)16-11(3)9-12-4-6-13(17)7-5-12/h4-7,10-11,14,16-17H,8-9H2,1-3H3,(H,18,19). The van der Waals surface area contributed by atoms with Crippen molar-refractivity contribution in [3.8, 4) is 5.75 Å². The second-order valence-electron chi connectivity index (χ2n) is 5.46. The quantitative estimate of drug-likeness (QED) is 0.708. The highest BCUT2D eigenvalue weighted by atomic mass is 16.4. The SMILES string of the molecule is CC(C)CC(NC(C)Cc1ccc(O)cc1)C(=O)O. The number of carboxylic acid groups (broad SMARTS) is 1. The Balaban J connectivity index is 2.54. The van der Waals surface area contributed by atoms with E-state index in [1.807, 2.05) is 32.9 Å². The van der Waals surface area contributed by atoms with Gasteiger partial charge in [-0.15, -0.1) is 0 Å². The highest BCUT2D eigenvalue weighted by molar-refractivity contribution is 5.73. The van der Waals surface area contributed by atoms with Crippen molar-refractivity contribution in [2.24, 2.45) is 5.92 Å². The fourth-order valence-corrected chi connectivity index (χ4v) is 2.10. The van der Waals surface area contributed by atoms with E-state index in [9.17, 15) is 15.0 Å². The van der Waals surface area contributed by atoms with Crippen molar-refractivity contribution in [2.45, 2.75) is 45.7 Å². The Hall–Kier alpha value is -1.55. The van der Waals surface area contributed by atoms with Crippen LogP contribution in [0.5, 0.6) is 5.75 Å². The number of carbonyl (C=O) groups is 1. The van der Waals surface area contributed by atoms with Gasteiger partial charge in [0.25, 0.3) is 0 Å². The van der Waals surface area contributed by atoms with Crippen LogP contribution in [0.1, 0.15) is 32.8 Å². The van der Waals surface area contributed by atoms with E-state index in [1.165, 1.54) is 0 Å². The zero-order chi connectivity index (χ0) is 14.4. The number of aliphatic carboxylic acids is 1. The molecular weight excluding hydrogens is 242 g/mol. The number of carboxylic acids is 1. The van der Waals surface area contributed by atoms with Gasteiger partial charge in [0.05, 0.1) is 0 Å². The zero-order valence-corrected chi connectivity index (χ0v) is 11.8. The van der Waals surface area contributed by atoms with E-state index in [1.54, 1.807) is 12.1 Å². The number of rotatable bonds is 7. The number of phenols is 1. The molecule has 1 aromatic rings. The molecule has 0 saturated heterocycles. The summed E-state index contributed by atoms with van der Waals surface area (Å²) in [6, 6.07) is 6.56. The first-order valence-electron chi connectivity index (χ1n) is 6.65. The first-order valence-corrected chi connectivity index (χ1v) is 6.65. The maximum absolute atomic E-state index is 11.2. The van der Waals surface area contributed by atoms with E-state index in [0.717, 1.165) is 12.0 Å². The molecule has 3 N–H and O–H groups in total. The summed E-state index contributed by atoms with van der Waals surface area (Å²) in [6.45, 7) is 6.01. The Kier molecular flexibility index (Phi) is 5.83. The second-order valence-corrected chi connectivity index (χ2v) is 5.46. The van der Waals surface area contributed by atoms with Gasteiger partial charge in [-0.25, -0.2) is 0 Å². The van der Waals surface area contributed by atoms with Crippen LogP contribution in [0.15, 0.2) is 24.3 Å². The molecule has 106 valence electrons. The predicted octanol–water partition coefficient (Wildman–Crippen LogP) is 2.41. The van der Waals surface area contributed by atoms with Crippen LogP contribution in [-0.4, -0.2) is 28.3 Å². The maximum Gasteiger partial charge on any atom is 0.320 e. The molecule has 0 fully saturated rings. The third-order valence-electron chi connectivity index (χ3n) is 2.97. The molecule has 0 bridgehead atoms. The van der Waals surface area contributed by atoms with Gasteiger partial charge < -0.3 is 15.5 Å². The Morgan fingerprint density at radius 1 is 1.21 bits per heavy atom. The topological polar surface area (TPSA) is 69.6 Å². The van der Waals surface area contributed by atoms with Gasteiger partial charge in [-0.2, -0.15) is 0 Å². The van der Waals surface area contributed by atoms with Crippen LogP contribution in [0, 0.1) is 5.92 Å². The molecule has 0 aliphatic heterocycles. The molecule has 0 amide bonds. The summed E-state index contributed by atoms with van der Waals surface area (Å²) in [5.74, 6) is -0.215. The average Bonchev–Trinajstić information content (AvgIpc) is 2.30. The second kappa shape index (κ2) is 7.14. The first kappa shape index (κ1) is 15.5. The van der Waals surface area contributed by atoms with Crippen molar-refractivity contribution in [3.63, 3.8) is 0 Å². The number of hydrogen-bond acceptors (Lipinski definition) is 3. The largest absolute Gasteiger partial charge is 0.508 e. The molecule has 0 aliphatic rings. The van der Waals surface area contributed by atoms with Crippen LogP contribution in [-0.2, 0) is 11.2 Å². The lowest BCUT2D eigenvalue weighted by Gasteiger charge is -2.21. The van der Waals surface area contributed by atoms with E-state index >= 15 is 0 Å². The lowest BCUT2D eigenvalue weighted by atomic mass is 10.0. The van der Waals surface area contributed by atoms with Gasteiger partial charge >= 0.3 is 5.97 Å². The smallest absolute Gasteiger partial charge is 0.320 e. The van der Waals surface area contributed by atoms with Gasteiger partial charge in [-0.1, -0.05) is 26.0 Å². The van der Waals surface area contributed by atoms with Crippen molar-refractivity contribution in [3.05, 3.63) is 29.8 Å². The number of aromatic hydroxyl groups is 1. The Morgan fingerprint density at radius 2 is 1.79 bits per heavy atom. The van der Waals surface area contributed by atoms with E-state index < -0.39 is 12.0 Å². The summed E-state index contributed by atoms with van der Waals surface area (Å²) >= 11 is 0. The summed E-state index contributed by atoms with van der Waals surface area (Å²) in [6.07, 6.45) is 1.36. The van der Waals surface area contributed by atoms with Crippen molar-refractivity contribution in [1.29, 1.82) is 0 Å². The predicted molar refractivity (Wildman–Crippen MR) is 75.3 cm³/mol. The minimum absolute atomic E-state index is 0.0735. The molecule has 2 unspecified atom stereocenters. The lowest BCUT2D eigenvalue weighted by molar-refractivity contribution is -0.140. The monoisotopic (exact) mass is 265 g/mol. The van der Waals surface area contributed by atoms with E-state index in [-0.39, 0.29) is 11.8 Å². The maximum atomic E-state index is 11.2. The van der Waals surface area contributed by atoms with Crippen molar-refractivity contribution in [1.82, 2.24) is 5.32 Å². The van der Waals surface area contributed by atoms with E-state index in [4.69, 9.17) is 0 Å². The summed E-state index contributed by atoms with van der Waals surface area (Å²) in [5.41, 5.74) is 1.08. The molecule has 1 rings (SSSR count). The molecule has 0 aliphatic carbocycles. The summed E-state index contributed by atoms with van der Waals surface area (Å²) in [5, 5.41) is 21.5. The first-order chi connectivity index (χ1) is 8.88. The van der Waals surface area contributed by atoms with Crippen LogP contribution in [0.3, 0.4) is 0 Å². The number of benzene rings is 1. The number of hydrogen-bond donors (Lipinski definition) is 3. The average molecular weight is 265 g/mol. The van der Waals surface area contributed by atoms with E-state index in [0.29, 0.717) is 12.3 Å². The molecule has 0 saturated carbocycles. The van der Waals surface area contributed by atoms with Crippen molar-refractivity contribution >= 4 is 5.97 Å². The van der Waals surface area contributed by atoms with Gasteiger partial charge in [0, 0.05) is 6.04 Å². The molecule has 0 heterocycles. The van der Waals surface area contributed by atoms with Crippen LogP contribution >= 0.6 is 0 Å². The van der Waals surface area contributed by atoms with Gasteiger partial charge in [0.2, 0.25) is 0 Å². The molecule has 0 radical (unpaired) electrons. The summed E-state index contributed by atoms with van der Waals surface area (Å²) in [4.78, 5) is 11.2. The molecule has 4 heteroatoms. The zero-order valence-electron chi connectivity index (χ0n) is 11.8. The van der Waals surface area contributed by atoms with Crippen molar-refractivity contribution < 1.29 is 15.0 Å². The van der Waals surface area contributed by atoms with E-state index in [2.05, 4.69) is 5.32 Å². The fourth-order valence-electron chi connectivity index (χ4n) is 2.10. The van der Waals surface area contributed by atoms with Crippen LogP contribution < -0.4 is 5.32 Å². The number of nitrogens with one attached hydrogen (secondary N) is 1. The van der Waals surface area contributed by atoms with Gasteiger partial charge in [0.1, 0.15) is 11.8 Å². The number of phenolic OH excluding ortho intramolecular Hbond substituents is 1. The minimum Gasteiger partial charge on any atom is -0.508 e. The van der Waals surface area contributed by atoms with Crippen LogP contribution in [0.2, 0.25) is 0 Å². The molecule has 0 spiro atoms. The Morgan fingerprint density at radius 3 is 2.26 bits per heavy atom. The highest BCUT2D eigenvalue weighted by Crippen LogP contribution is 2.12. The summed E-state index contributed by atoms with van der Waals surface area (Å²) in [7, 11) is 0. The molecule has 4 nitrogen and oxygen atoms in total. The molecule has 19 heavy (non-hydrogen) atoms. The third-order valence-corrected chi connectivity index (χ3v) is 2.97. The Bertz CT molecular complexity index is 400. The van der Waals surface area contributed by atoms with Crippen LogP contribution in [0.25, 0.3) is 0 Å². The fraction of sp³-hybridized carbons (Fsp3) is 0.533. The highest BCUT2D eigenvalue weighted by Gasteiger charge is 2.20.